The van der Waals surface area contributed by atoms with Gasteiger partial charge in [0.2, 0.25) is 0 Å². The summed E-state index contributed by atoms with van der Waals surface area (Å²) in [5.41, 5.74) is 2.24. The lowest BCUT2D eigenvalue weighted by atomic mass is 10.1. The van der Waals surface area contributed by atoms with Gasteiger partial charge in [-0.15, -0.1) is 17.0 Å². The molecular weight excluding hydrogens is 384 g/mol. The van der Waals surface area contributed by atoms with Crippen molar-refractivity contribution in [3.8, 4) is 0 Å². The van der Waals surface area contributed by atoms with Crippen LogP contribution in [-0.2, 0) is 16.3 Å². The SMILES string of the molecule is Br.CCCCc1ccc(N2C(=N)S[C@@H]3CS(=O)(=O)C[C@@H]32)cc1. The summed E-state index contributed by atoms with van der Waals surface area (Å²) >= 11 is 1.39. The number of halogens is 1. The van der Waals surface area contributed by atoms with Crippen LogP contribution in [-0.4, -0.2) is 36.4 Å². The maximum absolute atomic E-state index is 11.8. The van der Waals surface area contributed by atoms with E-state index >= 15 is 0 Å². The van der Waals surface area contributed by atoms with E-state index in [-0.39, 0.29) is 39.8 Å². The predicted molar refractivity (Wildman–Crippen MR) is 99.4 cm³/mol. The summed E-state index contributed by atoms with van der Waals surface area (Å²) in [5, 5.41) is 8.62. The zero-order chi connectivity index (χ0) is 15.0. The molecule has 2 saturated heterocycles. The number of amidine groups is 1. The van der Waals surface area contributed by atoms with E-state index in [0.29, 0.717) is 5.17 Å². The number of thioether (sulfide) groups is 1. The lowest BCUT2D eigenvalue weighted by molar-refractivity contribution is 0.601. The van der Waals surface area contributed by atoms with Gasteiger partial charge >= 0.3 is 0 Å². The zero-order valence-electron chi connectivity index (χ0n) is 12.5. The Morgan fingerprint density at radius 3 is 2.59 bits per heavy atom. The van der Waals surface area contributed by atoms with Crippen molar-refractivity contribution in [2.24, 2.45) is 0 Å². The van der Waals surface area contributed by atoms with Crippen molar-refractivity contribution in [3.05, 3.63) is 29.8 Å². The Morgan fingerprint density at radius 1 is 1.27 bits per heavy atom. The minimum atomic E-state index is -2.95. The second-order valence-electron chi connectivity index (χ2n) is 5.75. The molecule has 0 bridgehead atoms. The highest BCUT2D eigenvalue weighted by atomic mass is 79.9. The topological polar surface area (TPSA) is 61.2 Å². The van der Waals surface area contributed by atoms with Crippen molar-refractivity contribution in [1.29, 1.82) is 5.41 Å². The molecule has 0 aliphatic carbocycles. The first kappa shape index (κ1) is 17.8. The van der Waals surface area contributed by atoms with Crippen molar-refractivity contribution in [1.82, 2.24) is 0 Å². The van der Waals surface area contributed by atoms with Crippen LogP contribution in [0.2, 0.25) is 0 Å². The largest absolute Gasteiger partial charge is 0.316 e. The van der Waals surface area contributed by atoms with E-state index in [9.17, 15) is 8.42 Å². The van der Waals surface area contributed by atoms with Gasteiger partial charge in [0.05, 0.1) is 17.5 Å². The van der Waals surface area contributed by atoms with Crippen LogP contribution in [0.25, 0.3) is 0 Å². The molecule has 22 heavy (non-hydrogen) atoms. The van der Waals surface area contributed by atoms with Gasteiger partial charge in [0.15, 0.2) is 15.0 Å². The van der Waals surface area contributed by atoms with Gasteiger partial charge in [-0.3, -0.25) is 5.41 Å². The highest BCUT2D eigenvalue weighted by Gasteiger charge is 2.48. The number of hydrogen-bond donors (Lipinski definition) is 1. The third-order valence-corrected chi connectivity index (χ3v) is 7.25. The normalized spacial score (nSPS) is 25.9. The molecule has 1 aromatic rings. The summed E-state index contributed by atoms with van der Waals surface area (Å²) in [6, 6.07) is 8.16. The van der Waals surface area contributed by atoms with Gasteiger partial charge in [-0.05, 0) is 30.5 Å². The molecule has 1 aromatic carbocycles. The van der Waals surface area contributed by atoms with Crippen molar-refractivity contribution >= 4 is 49.4 Å². The Morgan fingerprint density at radius 2 is 1.95 bits per heavy atom. The predicted octanol–water partition coefficient (Wildman–Crippen LogP) is 3.26. The molecule has 2 aliphatic heterocycles. The van der Waals surface area contributed by atoms with E-state index in [1.807, 2.05) is 17.0 Å². The fourth-order valence-corrected chi connectivity index (χ4v) is 6.81. The van der Waals surface area contributed by atoms with Crippen molar-refractivity contribution < 1.29 is 8.42 Å². The lowest BCUT2D eigenvalue weighted by Gasteiger charge is -2.24. The fraction of sp³-hybridized carbons (Fsp3) is 0.533. The average molecular weight is 405 g/mol. The molecule has 0 unspecified atom stereocenters. The number of benzene rings is 1. The second-order valence-corrected chi connectivity index (χ2v) is 9.13. The molecule has 4 nitrogen and oxygen atoms in total. The van der Waals surface area contributed by atoms with E-state index in [0.717, 1.165) is 12.1 Å². The molecule has 0 amide bonds. The van der Waals surface area contributed by atoms with E-state index < -0.39 is 9.84 Å². The van der Waals surface area contributed by atoms with E-state index in [4.69, 9.17) is 5.41 Å². The molecule has 3 rings (SSSR count). The van der Waals surface area contributed by atoms with E-state index in [1.165, 1.54) is 30.2 Å². The number of anilines is 1. The molecular formula is C15H21BrN2O2S2. The van der Waals surface area contributed by atoms with Gasteiger partial charge < -0.3 is 4.90 Å². The second kappa shape index (κ2) is 6.93. The van der Waals surface area contributed by atoms with Crippen molar-refractivity contribution in [2.45, 2.75) is 37.5 Å². The van der Waals surface area contributed by atoms with Crippen LogP contribution >= 0.6 is 28.7 Å². The Balaban J connectivity index is 0.00000176. The van der Waals surface area contributed by atoms with Crippen LogP contribution in [0.15, 0.2) is 24.3 Å². The van der Waals surface area contributed by atoms with Crippen LogP contribution in [0.5, 0.6) is 0 Å². The van der Waals surface area contributed by atoms with Gasteiger partial charge in [0, 0.05) is 10.9 Å². The van der Waals surface area contributed by atoms with E-state index in [2.05, 4.69) is 19.1 Å². The maximum Gasteiger partial charge on any atom is 0.161 e. The molecule has 0 spiro atoms. The van der Waals surface area contributed by atoms with Gasteiger partial charge in [-0.1, -0.05) is 37.2 Å². The van der Waals surface area contributed by atoms with Gasteiger partial charge in [-0.2, -0.15) is 0 Å². The van der Waals surface area contributed by atoms with Crippen molar-refractivity contribution in [2.75, 3.05) is 16.4 Å². The van der Waals surface area contributed by atoms with Gasteiger partial charge in [0.25, 0.3) is 0 Å². The standard InChI is InChI=1S/C15H20N2O2S2.BrH/c1-2-3-4-11-5-7-12(8-6-11)17-13-9-21(18,19)10-14(13)20-15(17)16;/h5-8,13-14,16H,2-4,9-10H2,1H3;1H/t13-,14+;/m0./s1. The number of fused-ring (bicyclic) bond motifs is 1. The van der Waals surface area contributed by atoms with Crippen LogP contribution in [0.4, 0.5) is 5.69 Å². The van der Waals surface area contributed by atoms with Gasteiger partial charge in [0.1, 0.15) is 0 Å². The monoisotopic (exact) mass is 404 g/mol. The highest BCUT2D eigenvalue weighted by molar-refractivity contribution is 8.93. The Labute approximate surface area is 146 Å². The number of sulfone groups is 1. The molecule has 2 aliphatic rings. The maximum atomic E-state index is 11.8. The molecule has 1 N–H and O–H groups in total. The molecule has 0 aromatic heterocycles. The fourth-order valence-electron chi connectivity index (χ4n) is 3.01. The van der Waals surface area contributed by atoms with Crippen LogP contribution in [0.3, 0.4) is 0 Å². The lowest BCUT2D eigenvalue weighted by Crippen LogP contribution is -2.37. The first-order chi connectivity index (χ1) is 10.00. The van der Waals surface area contributed by atoms with Crippen LogP contribution in [0.1, 0.15) is 25.3 Å². The minimum absolute atomic E-state index is 0. The number of nitrogens with zero attached hydrogens (tertiary/aromatic N) is 1. The number of aryl methyl sites for hydroxylation is 1. The molecule has 2 fully saturated rings. The Bertz CT molecular complexity index is 646. The first-order valence-electron chi connectivity index (χ1n) is 7.34. The number of nitrogens with one attached hydrogen (secondary N) is 1. The summed E-state index contributed by atoms with van der Waals surface area (Å²) < 4.78 is 23.6. The molecule has 0 saturated carbocycles. The summed E-state index contributed by atoms with van der Waals surface area (Å²) in [4.78, 5) is 1.89. The quantitative estimate of drug-likeness (QED) is 0.836. The van der Waals surface area contributed by atoms with Crippen LogP contribution in [0, 0.1) is 5.41 Å². The molecule has 122 valence electrons. The number of rotatable bonds is 4. The Hall–Kier alpha value is -0.530. The smallest absolute Gasteiger partial charge is 0.161 e. The molecule has 2 heterocycles. The first-order valence-corrected chi connectivity index (χ1v) is 10.0. The van der Waals surface area contributed by atoms with E-state index in [1.54, 1.807) is 0 Å². The molecule has 0 radical (unpaired) electrons. The van der Waals surface area contributed by atoms with Crippen LogP contribution < -0.4 is 4.90 Å². The highest BCUT2D eigenvalue weighted by Crippen LogP contribution is 2.40. The molecule has 7 heteroatoms. The third kappa shape index (κ3) is 3.51. The number of hydrogen-bond acceptors (Lipinski definition) is 4. The summed E-state index contributed by atoms with van der Waals surface area (Å²) in [5.74, 6) is 0.375. The minimum Gasteiger partial charge on any atom is -0.316 e. The van der Waals surface area contributed by atoms with Gasteiger partial charge in [-0.25, -0.2) is 8.42 Å². The average Bonchev–Trinajstić information content (AvgIpc) is 2.87. The summed E-state index contributed by atoms with van der Waals surface area (Å²) in [6.07, 6.45) is 3.43. The zero-order valence-corrected chi connectivity index (χ0v) is 15.8. The summed E-state index contributed by atoms with van der Waals surface area (Å²) in [6.45, 7) is 2.18. The third-order valence-electron chi connectivity index (χ3n) is 4.12. The molecule has 2 atom stereocenters. The summed E-state index contributed by atoms with van der Waals surface area (Å²) in [7, 11) is -2.95. The number of unbranched alkanes of at least 4 members (excludes halogenated alkanes) is 1. The Kier molecular flexibility index (Phi) is 5.61. The van der Waals surface area contributed by atoms with Crippen molar-refractivity contribution in [3.63, 3.8) is 0 Å².